The van der Waals surface area contributed by atoms with Crippen LogP contribution >= 0.6 is 0 Å². The Morgan fingerprint density at radius 3 is 2.42 bits per heavy atom. The second-order valence-corrected chi connectivity index (χ2v) is 12.5. The molecule has 1 fully saturated rings. The van der Waals surface area contributed by atoms with Crippen LogP contribution < -0.4 is 21.3 Å². The Balaban J connectivity index is 1.37. The quantitative estimate of drug-likeness (QED) is 0.204. The standard InChI is InChI=1S/C36H54N6O3/c1-4-11-28-16-15-27(25-30(28)12-5-2)26-33(34(43)38-21-10-6-9-20-37-3)40-35(44)41-22-18-31(19-23-41)42-24-17-29-13-7-8-14-32(29)39-36(42)45/h7-8,13-16,25,31,33,37H,4-6,9-12,17-24,26H2,1-3H3,(H,38,43)(H,39,45)(H,40,44)/t33-/m1/s1. The van der Waals surface area contributed by atoms with Crippen molar-refractivity contribution in [2.24, 2.45) is 0 Å². The molecule has 9 nitrogen and oxygen atoms in total. The van der Waals surface area contributed by atoms with Crippen LogP contribution in [0.5, 0.6) is 0 Å². The van der Waals surface area contributed by atoms with Crippen molar-refractivity contribution in [3.8, 4) is 0 Å². The summed E-state index contributed by atoms with van der Waals surface area (Å²) < 4.78 is 0. The molecule has 0 aliphatic carbocycles. The molecule has 1 saturated heterocycles. The first-order valence-electron chi connectivity index (χ1n) is 17.2. The normalized spacial score (nSPS) is 16.0. The smallest absolute Gasteiger partial charge is 0.322 e. The number of aryl methyl sites for hydroxylation is 2. The molecule has 2 aromatic carbocycles. The van der Waals surface area contributed by atoms with Gasteiger partial charge in [-0.2, -0.15) is 0 Å². The van der Waals surface area contributed by atoms with Gasteiger partial charge >= 0.3 is 12.1 Å². The fraction of sp³-hybridized carbons (Fsp3) is 0.583. The highest BCUT2D eigenvalue weighted by Gasteiger charge is 2.32. The van der Waals surface area contributed by atoms with E-state index in [4.69, 9.17) is 0 Å². The van der Waals surface area contributed by atoms with Gasteiger partial charge in [-0.3, -0.25) is 4.79 Å². The lowest BCUT2D eigenvalue weighted by Gasteiger charge is -2.38. The van der Waals surface area contributed by atoms with Gasteiger partial charge in [0.15, 0.2) is 0 Å². The average molecular weight is 619 g/mol. The molecule has 0 radical (unpaired) electrons. The summed E-state index contributed by atoms with van der Waals surface area (Å²) in [7, 11) is 1.95. The molecular formula is C36H54N6O3. The molecule has 2 aliphatic heterocycles. The highest BCUT2D eigenvalue weighted by molar-refractivity contribution is 5.91. The molecule has 0 spiro atoms. The maximum Gasteiger partial charge on any atom is 0.322 e. The minimum Gasteiger partial charge on any atom is -0.354 e. The summed E-state index contributed by atoms with van der Waals surface area (Å²) in [4.78, 5) is 43.8. The minimum absolute atomic E-state index is 0.0714. The number of rotatable bonds is 15. The number of likely N-dealkylation sites (tertiary alicyclic amines) is 1. The molecule has 45 heavy (non-hydrogen) atoms. The van der Waals surface area contributed by atoms with Crippen LogP contribution in [0.25, 0.3) is 0 Å². The zero-order valence-corrected chi connectivity index (χ0v) is 27.6. The number of urea groups is 2. The van der Waals surface area contributed by atoms with Crippen LogP contribution in [0.1, 0.15) is 81.0 Å². The van der Waals surface area contributed by atoms with Crippen LogP contribution in [-0.2, 0) is 30.5 Å². The summed E-state index contributed by atoms with van der Waals surface area (Å²) in [6.45, 7) is 7.69. The minimum atomic E-state index is -0.658. The Morgan fingerprint density at radius 2 is 1.67 bits per heavy atom. The van der Waals surface area contributed by atoms with Gasteiger partial charge in [-0.15, -0.1) is 0 Å². The van der Waals surface area contributed by atoms with Crippen molar-refractivity contribution in [3.63, 3.8) is 0 Å². The Kier molecular flexibility index (Phi) is 13.5. The Labute approximate surface area is 269 Å². The fourth-order valence-electron chi connectivity index (χ4n) is 6.56. The molecule has 5 amide bonds. The topological polar surface area (TPSA) is 106 Å². The number of nitrogens with zero attached hydrogens (tertiary/aromatic N) is 2. The van der Waals surface area contributed by atoms with E-state index < -0.39 is 6.04 Å². The van der Waals surface area contributed by atoms with E-state index in [1.807, 2.05) is 30.1 Å². The van der Waals surface area contributed by atoms with Gasteiger partial charge in [0, 0.05) is 44.3 Å². The van der Waals surface area contributed by atoms with E-state index in [0.717, 1.165) is 74.7 Å². The average Bonchev–Trinajstić information content (AvgIpc) is 3.21. The predicted molar refractivity (Wildman–Crippen MR) is 182 cm³/mol. The van der Waals surface area contributed by atoms with Gasteiger partial charge in [-0.1, -0.05) is 69.5 Å². The van der Waals surface area contributed by atoms with Crippen molar-refractivity contribution in [2.75, 3.05) is 45.1 Å². The summed E-state index contributed by atoms with van der Waals surface area (Å²) in [5, 5.41) is 12.4. The Bertz CT molecular complexity index is 1260. The number of hydrogen-bond acceptors (Lipinski definition) is 4. The number of para-hydroxylation sites is 1. The molecule has 0 saturated carbocycles. The lowest BCUT2D eigenvalue weighted by atomic mass is 9.94. The SMILES string of the molecule is CCCc1ccc(C[C@@H](NC(=O)N2CCC(N3CCc4ccccc4NC3=O)CC2)C(=O)NCCCCCNC)cc1CCC. The summed E-state index contributed by atoms with van der Waals surface area (Å²) in [5.41, 5.74) is 5.81. The van der Waals surface area contributed by atoms with E-state index in [0.29, 0.717) is 45.4 Å². The van der Waals surface area contributed by atoms with Crippen LogP contribution in [0.4, 0.5) is 15.3 Å². The number of unbranched alkanes of at least 4 members (excludes halogenated alkanes) is 2. The lowest BCUT2D eigenvalue weighted by molar-refractivity contribution is -0.123. The van der Waals surface area contributed by atoms with Crippen LogP contribution in [-0.4, -0.2) is 79.6 Å². The van der Waals surface area contributed by atoms with Gasteiger partial charge < -0.3 is 31.1 Å². The van der Waals surface area contributed by atoms with E-state index in [1.54, 1.807) is 4.90 Å². The van der Waals surface area contributed by atoms with Crippen molar-refractivity contribution in [3.05, 3.63) is 64.7 Å². The molecule has 2 aromatic rings. The predicted octanol–water partition coefficient (Wildman–Crippen LogP) is 5.27. The van der Waals surface area contributed by atoms with Gasteiger partial charge in [0.1, 0.15) is 6.04 Å². The molecular weight excluding hydrogens is 564 g/mol. The third kappa shape index (κ3) is 9.95. The first kappa shape index (κ1) is 34.3. The van der Waals surface area contributed by atoms with E-state index in [9.17, 15) is 14.4 Å². The molecule has 4 N–H and O–H groups in total. The van der Waals surface area contributed by atoms with Crippen molar-refractivity contribution in [1.29, 1.82) is 0 Å². The summed E-state index contributed by atoms with van der Waals surface area (Å²) in [6, 6.07) is 13.6. The third-order valence-corrected chi connectivity index (χ3v) is 9.10. The van der Waals surface area contributed by atoms with Crippen LogP contribution in [0, 0.1) is 0 Å². The number of carbonyl (C=O) groups excluding carboxylic acids is 3. The van der Waals surface area contributed by atoms with E-state index in [2.05, 4.69) is 59.4 Å². The van der Waals surface area contributed by atoms with E-state index >= 15 is 0 Å². The Hall–Kier alpha value is -3.59. The number of fused-ring (bicyclic) bond motifs is 1. The maximum atomic E-state index is 13.5. The van der Waals surface area contributed by atoms with Crippen molar-refractivity contribution in [2.45, 2.75) is 96.6 Å². The number of piperidine rings is 1. The molecule has 0 aromatic heterocycles. The molecule has 246 valence electrons. The van der Waals surface area contributed by atoms with Crippen molar-refractivity contribution < 1.29 is 14.4 Å². The molecule has 0 unspecified atom stereocenters. The van der Waals surface area contributed by atoms with E-state index in [-0.39, 0.29) is 24.0 Å². The zero-order chi connectivity index (χ0) is 32.0. The van der Waals surface area contributed by atoms with Crippen LogP contribution in [0.3, 0.4) is 0 Å². The second kappa shape index (κ2) is 17.8. The zero-order valence-electron chi connectivity index (χ0n) is 27.6. The summed E-state index contributed by atoms with van der Waals surface area (Å²) in [6.07, 6.45) is 9.90. The van der Waals surface area contributed by atoms with Gasteiger partial charge in [0.25, 0.3) is 0 Å². The van der Waals surface area contributed by atoms with Gasteiger partial charge in [-0.05, 0) is 86.9 Å². The molecule has 0 bridgehead atoms. The maximum absolute atomic E-state index is 13.5. The number of hydrogen-bond donors (Lipinski definition) is 4. The molecule has 1 atom stereocenters. The van der Waals surface area contributed by atoms with Crippen LogP contribution in [0.2, 0.25) is 0 Å². The summed E-state index contributed by atoms with van der Waals surface area (Å²) >= 11 is 0. The monoisotopic (exact) mass is 618 g/mol. The highest BCUT2D eigenvalue weighted by Crippen LogP contribution is 2.25. The number of carbonyl (C=O) groups is 3. The molecule has 9 heteroatoms. The Morgan fingerprint density at radius 1 is 0.933 bits per heavy atom. The summed E-state index contributed by atoms with van der Waals surface area (Å²) in [5.74, 6) is -0.137. The van der Waals surface area contributed by atoms with Crippen LogP contribution in [0.15, 0.2) is 42.5 Å². The molecule has 4 rings (SSSR count). The van der Waals surface area contributed by atoms with Crippen molar-refractivity contribution >= 4 is 23.7 Å². The van der Waals surface area contributed by atoms with Gasteiger partial charge in [-0.25, -0.2) is 9.59 Å². The molecule has 2 heterocycles. The number of benzene rings is 2. The highest BCUT2D eigenvalue weighted by atomic mass is 16.2. The van der Waals surface area contributed by atoms with Gasteiger partial charge in [0.05, 0.1) is 0 Å². The number of nitrogens with one attached hydrogen (secondary N) is 4. The first-order valence-corrected chi connectivity index (χ1v) is 17.2. The lowest BCUT2D eigenvalue weighted by Crippen LogP contribution is -2.55. The third-order valence-electron chi connectivity index (χ3n) is 9.10. The fourth-order valence-corrected chi connectivity index (χ4v) is 6.56. The first-order chi connectivity index (χ1) is 21.9. The van der Waals surface area contributed by atoms with E-state index in [1.165, 1.54) is 11.1 Å². The van der Waals surface area contributed by atoms with Gasteiger partial charge in [0.2, 0.25) is 5.91 Å². The van der Waals surface area contributed by atoms with Crippen molar-refractivity contribution in [1.82, 2.24) is 25.8 Å². The number of amides is 5. The second-order valence-electron chi connectivity index (χ2n) is 12.5. The molecule has 2 aliphatic rings. The largest absolute Gasteiger partial charge is 0.354 e. The number of anilines is 1.